The van der Waals surface area contributed by atoms with Crippen LogP contribution in [0.2, 0.25) is 0 Å². The van der Waals surface area contributed by atoms with E-state index in [9.17, 15) is 9.18 Å². The second-order valence-electron chi connectivity index (χ2n) is 2.42. The van der Waals surface area contributed by atoms with Crippen LogP contribution in [0, 0.1) is 5.82 Å². The van der Waals surface area contributed by atoms with Gasteiger partial charge in [-0.05, 0) is 40.2 Å². The number of hydrogen-bond acceptors (Lipinski definition) is 3. The maximum Gasteiger partial charge on any atom is 0.287 e. The van der Waals surface area contributed by atoms with Crippen molar-refractivity contribution in [3.05, 3.63) is 35.6 Å². The Bertz CT molecular complexity index is 315. The van der Waals surface area contributed by atoms with Crippen molar-refractivity contribution in [1.29, 1.82) is 0 Å². The topological polar surface area (TPSA) is 57.5 Å². The average Bonchev–Trinajstić information content (AvgIpc) is 2.03. The maximum absolute atomic E-state index is 12.4. The third-order valence-corrected chi connectivity index (χ3v) is 1.76. The zero-order valence-corrected chi connectivity index (χ0v) is 7.95. The van der Waals surface area contributed by atoms with Crippen LogP contribution in [-0.4, -0.2) is 20.7 Å². The van der Waals surface area contributed by atoms with E-state index in [4.69, 9.17) is 10.2 Å². The summed E-state index contributed by atoms with van der Waals surface area (Å²) in [6.07, 6.45) is 0. The highest BCUT2D eigenvalue weighted by atomic mass is 79.9. The van der Waals surface area contributed by atoms with Gasteiger partial charge in [0.2, 0.25) is 5.78 Å². The predicted octanol–water partition coefficient (Wildman–Crippen LogP) is 1.04. The molecule has 1 aromatic carbocycles. The minimum Gasteiger partial charge on any atom is -0.351 e. The van der Waals surface area contributed by atoms with E-state index in [0.717, 1.165) is 12.1 Å². The highest BCUT2D eigenvalue weighted by molar-refractivity contribution is 9.10. The molecule has 0 bridgehead atoms. The molecule has 13 heavy (non-hydrogen) atoms. The minimum atomic E-state index is -2.59. The van der Waals surface area contributed by atoms with Crippen molar-refractivity contribution in [2.45, 2.75) is 4.70 Å². The van der Waals surface area contributed by atoms with Gasteiger partial charge in [-0.25, -0.2) is 4.39 Å². The number of ketones is 1. The van der Waals surface area contributed by atoms with E-state index in [0.29, 0.717) is 0 Å². The standard InChI is InChI=1S/C8H6BrFO3/c9-8(12,13)7(11)5-1-3-6(10)4-2-5/h1-4,12-13H. The lowest BCUT2D eigenvalue weighted by atomic mass is 10.1. The van der Waals surface area contributed by atoms with Crippen LogP contribution in [0.3, 0.4) is 0 Å². The van der Waals surface area contributed by atoms with Crippen molar-refractivity contribution in [3.8, 4) is 0 Å². The van der Waals surface area contributed by atoms with Gasteiger partial charge in [0.05, 0.1) is 0 Å². The number of halogens is 2. The van der Waals surface area contributed by atoms with Gasteiger partial charge in [-0.2, -0.15) is 0 Å². The molecular weight excluding hydrogens is 243 g/mol. The van der Waals surface area contributed by atoms with Crippen LogP contribution in [0.1, 0.15) is 10.4 Å². The van der Waals surface area contributed by atoms with Gasteiger partial charge in [-0.15, -0.1) is 0 Å². The molecule has 0 heterocycles. The molecule has 0 aliphatic carbocycles. The van der Waals surface area contributed by atoms with Crippen molar-refractivity contribution < 1.29 is 19.4 Å². The average molecular weight is 249 g/mol. The summed E-state index contributed by atoms with van der Waals surface area (Å²) < 4.78 is 9.81. The molecule has 1 rings (SSSR count). The van der Waals surface area contributed by atoms with Crippen LogP contribution in [0.15, 0.2) is 24.3 Å². The Morgan fingerprint density at radius 2 is 1.77 bits per heavy atom. The summed E-state index contributed by atoms with van der Waals surface area (Å²) >= 11 is 2.37. The molecule has 0 aromatic heterocycles. The molecule has 3 nitrogen and oxygen atoms in total. The second kappa shape index (κ2) is 3.53. The third kappa shape index (κ3) is 2.58. The van der Waals surface area contributed by atoms with Gasteiger partial charge in [0.1, 0.15) is 5.82 Å². The van der Waals surface area contributed by atoms with Crippen LogP contribution in [-0.2, 0) is 0 Å². The van der Waals surface area contributed by atoms with Crippen LogP contribution >= 0.6 is 15.9 Å². The smallest absolute Gasteiger partial charge is 0.287 e. The van der Waals surface area contributed by atoms with E-state index in [1.165, 1.54) is 12.1 Å². The summed E-state index contributed by atoms with van der Waals surface area (Å²) in [7, 11) is 0. The number of benzene rings is 1. The lowest BCUT2D eigenvalue weighted by Gasteiger charge is -2.11. The molecule has 0 fully saturated rings. The van der Waals surface area contributed by atoms with Crippen molar-refractivity contribution >= 4 is 21.7 Å². The first-order valence-electron chi connectivity index (χ1n) is 3.35. The van der Waals surface area contributed by atoms with Crippen LogP contribution in [0.25, 0.3) is 0 Å². The number of alkyl halides is 1. The van der Waals surface area contributed by atoms with Crippen molar-refractivity contribution in [3.63, 3.8) is 0 Å². The predicted molar refractivity (Wildman–Crippen MR) is 46.8 cm³/mol. The highest BCUT2D eigenvalue weighted by Gasteiger charge is 2.30. The Kier molecular flexibility index (Phi) is 2.80. The fourth-order valence-corrected chi connectivity index (χ4v) is 1.01. The fraction of sp³-hybridized carbons (Fsp3) is 0.125. The quantitative estimate of drug-likeness (QED) is 0.467. The summed E-state index contributed by atoms with van der Waals surface area (Å²) in [5.74, 6) is -1.43. The van der Waals surface area contributed by atoms with Gasteiger partial charge >= 0.3 is 0 Å². The molecule has 1 aromatic rings. The van der Waals surface area contributed by atoms with E-state index in [-0.39, 0.29) is 5.56 Å². The second-order valence-corrected chi connectivity index (χ2v) is 3.53. The van der Waals surface area contributed by atoms with E-state index in [1.807, 2.05) is 0 Å². The molecule has 70 valence electrons. The Hall–Kier alpha value is -0.780. The zero-order valence-electron chi connectivity index (χ0n) is 6.37. The number of aliphatic hydroxyl groups is 2. The number of hydrogen-bond donors (Lipinski definition) is 2. The molecular formula is C8H6BrFO3. The minimum absolute atomic E-state index is 0.0169. The lowest BCUT2D eigenvalue weighted by molar-refractivity contribution is -0.0419. The van der Waals surface area contributed by atoms with Gasteiger partial charge < -0.3 is 10.2 Å². The lowest BCUT2D eigenvalue weighted by Crippen LogP contribution is -2.30. The molecule has 0 atom stereocenters. The maximum atomic E-state index is 12.4. The van der Waals surface area contributed by atoms with Crippen LogP contribution in [0.5, 0.6) is 0 Å². The number of carbonyl (C=O) groups excluding carboxylic acids is 1. The van der Waals surface area contributed by atoms with E-state index < -0.39 is 16.3 Å². The van der Waals surface area contributed by atoms with Gasteiger partial charge in [0.15, 0.2) is 0 Å². The van der Waals surface area contributed by atoms with Crippen molar-refractivity contribution in [2.24, 2.45) is 0 Å². The Labute approximate surface area is 81.9 Å². The molecule has 0 amide bonds. The highest BCUT2D eigenvalue weighted by Crippen LogP contribution is 2.17. The monoisotopic (exact) mass is 248 g/mol. The van der Waals surface area contributed by atoms with E-state index >= 15 is 0 Å². The summed E-state index contributed by atoms with van der Waals surface area (Å²) in [6.45, 7) is 0. The largest absolute Gasteiger partial charge is 0.351 e. The normalized spacial score (nSPS) is 11.4. The molecule has 0 aliphatic rings. The molecule has 0 spiro atoms. The van der Waals surface area contributed by atoms with Gasteiger partial charge in [0, 0.05) is 5.56 Å². The zero-order chi connectivity index (χ0) is 10.1. The first-order valence-corrected chi connectivity index (χ1v) is 4.14. The van der Waals surface area contributed by atoms with Crippen molar-refractivity contribution in [2.75, 3.05) is 0 Å². The molecule has 5 heteroatoms. The van der Waals surface area contributed by atoms with Crippen LogP contribution in [0.4, 0.5) is 4.39 Å². The molecule has 0 aliphatic heterocycles. The van der Waals surface area contributed by atoms with Gasteiger partial charge in [0.25, 0.3) is 4.70 Å². The first kappa shape index (κ1) is 10.3. The summed E-state index contributed by atoms with van der Waals surface area (Å²) in [4.78, 5) is 11.1. The summed E-state index contributed by atoms with van der Waals surface area (Å²) in [5, 5.41) is 17.7. The number of carbonyl (C=O) groups is 1. The summed E-state index contributed by atoms with van der Waals surface area (Å²) in [6, 6.07) is 4.46. The molecule has 0 unspecified atom stereocenters. The number of rotatable bonds is 2. The SMILES string of the molecule is O=C(c1ccc(F)cc1)C(O)(O)Br. The molecule has 0 saturated heterocycles. The van der Waals surface area contributed by atoms with E-state index in [2.05, 4.69) is 15.9 Å². The Morgan fingerprint density at radius 3 is 2.15 bits per heavy atom. The van der Waals surface area contributed by atoms with Gasteiger partial charge in [-0.3, -0.25) is 4.79 Å². The van der Waals surface area contributed by atoms with Crippen LogP contribution < -0.4 is 0 Å². The Morgan fingerprint density at radius 1 is 1.31 bits per heavy atom. The summed E-state index contributed by atoms with van der Waals surface area (Å²) in [5.41, 5.74) is 0.0169. The molecule has 2 N–H and O–H groups in total. The molecule has 0 radical (unpaired) electrons. The number of Topliss-reactive ketones (excluding diaryl/α,β-unsaturated/α-hetero) is 1. The van der Waals surface area contributed by atoms with E-state index in [1.54, 1.807) is 0 Å². The van der Waals surface area contributed by atoms with Gasteiger partial charge in [-0.1, -0.05) is 0 Å². The Balaban J connectivity index is 2.97. The third-order valence-electron chi connectivity index (χ3n) is 1.40. The van der Waals surface area contributed by atoms with Crippen molar-refractivity contribution in [1.82, 2.24) is 0 Å². The molecule has 0 saturated carbocycles. The first-order chi connectivity index (χ1) is 5.91. The fourth-order valence-electron chi connectivity index (χ4n) is 0.785.